The summed E-state index contributed by atoms with van der Waals surface area (Å²) in [7, 11) is -5.86. The van der Waals surface area contributed by atoms with E-state index in [0.717, 1.165) is 0 Å². The summed E-state index contributed by atoms with van der Waals surface area (Å²) in [6.07, 6.45) is 0.574. The predicted octanol–water partition coefficient (Wildman–Crippen LogP) is -0.208. The molecular weight excluding hydrogens is 303 g/mol. The Labute approximate surface area is 111 Å². The normalized spacial score (nSPS) is 40.2. The minimum absolute atomic E-state index is 0.203. The van der Waals surface area contributed by atoms with Crippen LogP contribution in [0.1, 0.15) is 12.8 Å². The molecule has 3 fully saturated rings. The zero-order chi connectivity index (χ0) is 14.9. The van der Waals surface area contributed by atoms with Crippen molar-refractivity contribution in [3.05, 3.63) is 0 Å². The molecule has 20 heavy (non-hydrogen) atoms. The molecule has 2 bridgehead atoms. The van der Waals surface area contributed by atoms with Gasteiger partial charge in [-0.05, 0) is 24.7 Å². The molecular formula is C10H9F3NO5S-. The van der Waals surface area contributed by atoms with E-state index in [9.17, 15) is 31.5 Å². The average Bonchev–Trinajstić information content (AvgIpc) is 2.86. The lowest BCUT2D eigenvalue weighted by Gasteiger charge is -2.28. The molecule has 1 saturated heterocycles. The number of carbonyl (C=O) groups is 1. The van der Waals surface area contributed by atoms with Crippen molar-refractivity contribution in [3.8, 4) is 0 Å². The molecule has 3 aliphatic rings. The second kappa shape index (κ2) is 3.86. The molecule has 5 unspecified atom stereocenters. The molecule has 1 aliphatic heterocycles. The van der Waals surface area contributed by atoms with Crippen LogP contribution in [0.15, 0.2) is 4.40 Å². The molecule has 0 aromatic rings. The van der Waals surface area contributed by atoms with Gasteiger partial charge in [-0.2, -0.15) is 26.0 Å². The number of carbonyl (C=O) groups excluding carboxylic acids is 1. The first kappa shape index (κ1) is 13.7. The van der Waals surface area contributed by atoms with Gasteiger partial charge in [-0.15, -0.1) is 0 Å². The van der Waals surface area contributed by atoms with Crippen molar-refractivity contribution in [3.63, 3.8) is 0 Å². The van der Waals surface area contributed by atoms with Crippen LogP contribution in [0.4, 0.5) is 13.2 Å². The summed E-state index contributed by atoms with van der Waals surface area (Å²) in [6, 6.07) is 0. The minimum atomic E-state index is -5.86. The second-order valence-electron chi connectivity index (χ2n) is 5.27. The van der Waals surface area contributed by atoms with Crippen LogP contribution in [-0.2, 0) is 19.6 Å². The number of alkyl halides is 3. The van der Waals surface area contributed by atoms with E-state index in [0.29, 0.717) is 12.8 Å². The molecule has 0 N–H and O–H groups in total. The van der Waals surface area contributed by atoms with Gasteiger partial charge in [0.15, 0.2) is 0 Å². The van der Waals surface area contributed by atoms with Gasteiger partial charge in [0.1, 0.15) is 6.10 Å². The smallest absolute Gasteiger partial charge is 0.518 e. The molecule has 2 aliphatic carbocycles. The van der Waals surface area contributed by atoms with Gasteiger partial charge in [0, 0.05) is 11.8 Å². The summed E-state index contributed by atoms with van der Waals surface area (Å²) >= 11 is 0. The quantitative estimate of drug-likeness (QED) is 0.399. The Kier molecular flexibility index (Phi) is 2.64. The van der Waals surface area contributed by atoms with E-state index in [-0.39, 0.29) is 17.9 Å². The zero-order valence-corrected chi connectivity index (χ0v) is 10.6. The van der Waals surface area contributed by atoms with Crippen molar-refractivity contribution in [2.45, 2.75) is 24.5 Å². The van der Waals surface area contributed by atoms with Crippen LogP contribution in [0.25, 0.3) is 0 Å². The number of halogens is 3. The Hall–Kier alpha value is -1.32. The minimum Gasteiger partial charge on any atom is -0.861 e. The lowest BCUT2D eigenvalue weighted by molar-refractivity contribution is -0.226. The maximum Gasteiger partial charge on any atom is 0.518 e. The predicted molar refractivity (Wildman–Crippen MR) is 55.5 cm³/mol. The average molecular weight is 312 g/mol. The SMILES string of the molecule is O=C1OC2CC3CC2C1C3/C([O-])=N/S(=O)(=O)C(F)(F)F. The first-order valence-corrected chi connectivity index (χ1v) is 7.34. The van der Waals surface area contributed by atoms with E-state index in [1.54, 1.807) is 0 Å². The number of nitrogens with zero attached hydrogens (tertiary/aromatic N) is 1. The van der Waals surface area contributed by atoms with Crippen molar-refractivity contribution in [2.75, 3.05) is 0 Å². The topological polar surface area (TPSA) is 95.9 Å². The number of esters is 1. The highest BCUT2D eigenvalue weighted by atomic mass is 32.2. The molecule has 0 aromatic heterocycles. The Morgan fingerprint density at radius 2 is 2.00 bits per heavy atom. The monoisotopic (exact) mass is 312 g/mol. The number of rotatable bonds is 2. The summed E-state index contributed by atoms with van der Waals surface area (Å²) in [5.74, 6) is -4.52. The van der Waals surface area contributed by atoms with E-state index in [1.165, 1.54) is 0 Å². The standard InChI is InChI=1S/C10H10F3NO5S/c11-10(12,13)20(17,18)14-8(15)6-3-1-4-5(2-3)19-9(16)7(4)6/h3-7H,1-2H2,(H,14,15)/p-1. The zero-order valence-electron chi connectivity index (χ0n) is 9.83. The van der Waals surface area contributed by atoms with Crippen molar-refractivity contribution < 1.29 is 36.2 Å². The second-order valence-corrected chi connectivity index (χ2v) is 6.87. The van der Waals surface area contributed by atoms with Crippen LogP contribution >= 0.6 is 0 Å². The van der Waals surface area contributed by atoms with Crippen LogP contribution in [0.3, 0.4) is 0 Å². The van der Waals surface area contributed by atoms with Crippen molar-refractivity contribution >= 4 is 21.9 Å². The van der Waals surface area contributed by atoms with E-state index in [2.05, 4.69) is 4.40 Å². The number of hydrogen-bond donors (Lipinski definition) is 0. The molecule has 0 amide bonds. The van der Waals surface area contributed by atoms with E-state index >= 15 is 0 Å². The number of fused-ring (bicyclic) bond motifs is 1. The highest BCUT2D eigenvalue weighted by molar-refractivity contribution is 7.91. The highest BCUT2D eigenvalue weighted by Gasteiger charge is 2.62. The van der Waals surface area contributed by atoms with Gasteiger partial charge < -0.3 is 9.84 Å². The highest BCUT2D eigenvalue weighted by Crippen LogP contribution is 2.57. The van der Waals surface area contributed by atoms with Gasteiger partial charge in [-0.25, -0.2) is 0 Å². The van der Waals surface area contributed by atoms with Crippen molar-refractivity contribution in [1.29, 1.82) is 0 Å². The summed E-state index contributed by atoms with van der Waals surface area (Å²) in [5.41, 5.74) is -5.61. The van der Waals surface area contributed by atoms with Gasteiger partial charge >= 0.3 is 21.5 Å². The van der Waals surface area contributed by atoms with Crippen molar-refractivity contribution in [1.82, 2.24) is 0 Å². The third-order valence-electron chi connectivity index (χ3n) is 4.27. The molecule has 1 heterocycles. The lowest BCUT2D eigenvalue weighted by atomic mass is 9.80. The van der Waals surface area contributed by atoms with Crippen LogP contribution in [0.5, 0.6) is 0 Å². The molecule has 5 atom stereocenters. The molecule has 3 rings (SSSR count). The number of sulfonamides is 1. The fourth-order valence-corrected chi connectivity index (χ4v) is 4.03. The summed E-state index contributed by atoms with van der Waals surface area (Å²) in [6.45, 7) is 0. The fourth-order valence-electron chi connectivity index (χ4n) is 3.57. The summed E-state index contributed by atoms with van der Waals surface area (Å²) < 4.78 is 65.7. The Morgan fingerprint density at radius 3 is 2.60 bits per heavy atom. The van der Waals surface area contributed by atoms with Gasteiger partial charge in [0.25, 0.3) is 0 Å². The van der Waals surface area contributed by atoms with Crippen LogP contribution in [-0.4, -0.2) is 31.9 Å². The van der Waals surface area contributed by atoms with E-state index < -0.39 is 39.2 Å². The third-order valence-corrected chi connectivity index (χ3v) is 5.28. The lowest BCUT2D eigenvalue weighted by Crippen LogP contribution is -2.40. The molecule has 112 valence electrons. The molecule has 6 nitrogen and oxygen atoms in total. The summed E-state index contributed by atoms with van der Waals surface area (Å²) in [5, 5.41) is 11.8. The first-order valence-electron chi connectivity index (χ1n) is 5.90. The molecule has 10 heteroatoms. The Morgan fingerprint density at radius 1 is 1.35 bits per heavy atom. The molecule has 2 saturated carbocycles. The fraction of sp³-hybridized carbons (Fsp3) is 0.800. The Bertz CT molecular complexity index is 597. The molecule has 0 aromatic carbocycles. The van der Waals surface area contributed by atoms with Gasteiger partial charge in [0.05, 0.1) is 5.92 Å². The van der Waals surface area contributed by atoms with Crippen LogP contribution in [0.2, 0.25) is 0 Å². The number of ether oxygens (including phenoxy) is 1. The van der Waals surface area contributed by atoms with E-state index in [4.69, 9.17) is 4.74 Å². The maximum absolute atomic E-state index is 12.2. The van der Waals surface area contributed by atoms with Gasteiger partial charge in [-0.1, -0.05) is 0 Å². The van der Waals surface area contributed by atoms with Gasteiger partial charge in [0.2, 0.25) is 0 Å². The van der Waals surface area contributed by atoms with E-state index in [1.807, 2.05) is 0 Å². The largest absolute Gasteiger partial charge is 0.861 e. The third kappa shape index (κ3) is 1.73. The molecule has 0 spiro atoms. The van der Waals surface area contributed by atoms with Crippen molar-refractivity contribution in [2.24, 2.45) is 28.1 Å². The molecule has 0 radical (unpaired) electrons. The Balaban J connectivity index is 1.93. The summed E-state index contributed by atoms with van der Waals surface area (Å²) in [4.78, 5) is 11.6. The maximum atomic E-state index is 12.2. The van der Waals surface area contributed by atoms with Gasteiger partial charge in [-0.3, -0.25) is 4.79 Å². The van der Waals surface area contributed by atoms with Crippen LogP contribution in [0, 0.1) is 23.7 Å². The first-order chi connectivity index (χ1) is 9.12. The number of hydrogen-bond acceptors (Lipinski definition) is 5. The van der Waals surface area contributed by atoms with Crippen LogP contribution < -0.4 is 5.11 Å².